The van der Waals surface area contributed by atoms with Gasteiger partial charge < -0.3 is 10.1 Å². The van der Waals surface area contributed by atoms with Crippen LogP contribution in [0.2, 0.25) is 0 Å². The van der Waals surface area contributed by atoms with Gasteiger partial charge in [-0.15, -0.1) is 4.91 Å². The number of sulfone groups is 1. The van der Waals surface area contributed by atoms with Crippen molar-refractivity contribution in [2.45, 2.75) is 60.5 Å². The molecule has 1 N–H and O–H groups in total. The first-order valence-electron chi connectivity index (χ1n) is 8.91. The fourth-order valence-corrected chi connectivity index (χ4v) is 5.44. The number of benzene rings is 1. The fraction of sp³-hybridized carbons (Fsp3) is 0.588. The zero-order chi connectivity index (χ0) is 23.7. The molecule has 0 bridgehead atoms. The van der Waals surface area contributed by atoms with Crippen molar-refractivity contribution in [3.63, 3.8) is 0 Å². The van der Waals surface area contributed by atoms with Crippen LogP contribution in [0.15, 0.2) is 34.3 Å². The molecule has 1 fully saturated rings. The standard InChI is InChI=1S/C17H18F6N2O5S/c1-2-15(31(28,29)11-5-3-4-10(8-11)16(18,19)20)6-7-30-12(9-15)13(26)24-14(25-27)17(21,22)23/h3-5,8,12,14H,2,6-7,9H2,1H3,(H,24,26). The first-order valence-corrected chi connectivity index (χ1v) is 10.4. The molecule has 174 valence electrons. The number of hydrogen-bond acceptors (Lipinski definition) is 6. The summed E-state index contributed by atoms with van der Waals surface area (Å²) in [5, 5.41) is 3.14. The maximum Gasteiger partial charge on any atom is 0.432 e. The summed E-state index contributed by atoms with van der Waals surface area (Å²) in [6, 6.07) is 3.06. The van der Waals surface area contributed by atoms with E-state index in [1.54, 1.807) is 5.18 Å². The minimum atomic E-state index is -5.17. The summed E-state index contributed by atoms with van der Waals surface area (Å²) in [6.45, 7) is 1.08. The highest BCUT2D eigenvalue weighted by Crippen LogP contribution is 2.41. The van der Waals surface area contributed by atoms with Crippen molar-refractivity contribution in [3.05, 3.63) is 34.7 Å². The van der Waals surface area contributed by atoms with Gasteiger partial charge in [-0.2, -0.15) is 26.3 Å². The van der Waals surface area contributed by atoms with E-state index in [4.69, 9.17) is 4.74 Å². The number of carbonyl (C=O) groups is 1. The van der Waals surface area contributed by atoms with Gasteiger partial charge in [-0.1, -0.05) is 13.0 Å². The lowest BCUT2D eigenvalue weighted by Gasteiger charge is -2.39. The van der Waals surface area contributed by atoms with E-state index in [9.17, 15) is 44.5 Å². The molecule has 2 rings (SSSR count). The molecular formula is C17H18F6N2O5S. The SMILES string of the molecule is CCC1(S(=O)(=O)c2cccc(C(F)(F)F)c2)CCOC(C(=O)NC(N=O)C(F)(F)F)C1. The van der Waals surface area contributed by atoms with E-state index < -0.39 is 62.0 Å². The van der Waals surface area contributed by atoms with Crippen molar-refractivity contribution in [2.75, 3.05) is 6.61 Å². The Hall–Kier alpha value is -2.22. The molecule has 1 aliphatic rings. The average molecular weight is 476 g/mol. The predicted molar refractivity (Wildman–Crippen MR) is 94.4 cm³/mol. The quantitative estimate of drug-likeness (QED) is 0.500. The van der Waals surface area contributed by atoms with Crippen LogP contribution in [0.5, 0.6) is 0 Å². The van der Waals surface area contributed by atoms with Crippen LogP contribution in [0, 0.1) is 4.91 Å². The van der Waals surface area contributed by atoms with Crippen molar-refractivity contribution in [3.8, 4) is 0 Å². The molecule has 31 heavy (non-hydrogen) atoms. The first-order chi connectivity index (χ1) is 14.2. The van der Waals surface area contributed by atoms with Gasteiger partial charge in [0.05, 0.1) is 15.2 Å². The van der Waals surface area contributed by atoms with Crippen LogP contribution in [-0.4, -0.2) is 44.1 Å². The van der Waals surface area contributed by atoms with Gasteiger partial charge in [-0.05, 0) is 36.2 Å². The highest BCUT2D eigenvalue weighted by Gasteiger charge is 2.50. The normalized spacial score (nSPS) is 23.8. The molecule has 3 unspecified atom stereocenters. The Morgan fingerprint density at radius 1 is 1.29 bits per heavy atom. The number of ether oxygens (including phenoxy) is 1. The van der Waals surface area contributed by atoms with E-state index in [0.29, 0.717) is 12.1 Å². The minimum Gasteiger partial charge on any atom is -0.368 e. The largest absolute Gasteiger partial charge is 0.432 e. The van der Waals surface area contributed by atoms with Gasteiger partial charge in [0, 0.05) is 13.0 Å². The molecular weight excluding hydrogens is 458 g/mol. The van der Waals surface area contributed by atoms with Gasteiger partial charge >= 0.3 is 12.4 Å². The van der Waals surface area contributed by atoms with E-state index in [1.807, 2.05) is 0 Å². The van der Waals surface area contributed by atoms with Crippen LogP contribution in [0.25, 0.3) is 0 Å². The smallest absolute Gasteiger partial charge is 0.368 e. The number of alkyl halides is 6. The van der Waals surface area contributed by atoms with Crippen LogP contribution >= 0.6 is 0 Å². The van der Waals surface area contributed by atoms with Crippen LogP contribution in [0.4, 0.5) is 26.3 Å². The molecule has 0 saturated carbocycles. The van der Waals surface area contributed by atoms with Crippen molar-refractivity contribution in [1.82, 2.24) is 5.32 Å². The summed E-state index contributed by atoms with van der Waals surface area (Å²) in [5.74, 6) is -1.40. The minimum absolute atomic E-state index is 0.145. The fourth-order valence-electron chi connectivity index (χ4n) is 3.29. The topological polar surface area (TPSA) is 102 Å². The number of rotatable bonds is 6. The number of nitrogens with zero attached hydrogens (tertiary/aromatic N) is 1. The van der Waals surface area contributed by atoms with Crippen molar-refractivity contribution in [2.24, 2.45) is 5.18 Å². The van der Waals surface area contributed by atoms with Gasteiger partial charge in [0.1, 0.15) is 6.10 Å². The van der Waals surface area contributed by atoms with Crippen molar-refractivity contribution < 1.29 is 44.3 Å². The number of halogens is 6. The number of nitroso groups, excluding NO2 is 1. The van der Waals surface area contributed by atoms with Crippen LogP contribution in [0.1, 0.15) is 31.7 Å². The summed E-state index contributed by atoms with van der Waals surface area (Å²) in [4.78, 5) is 22.0. The second-order valence-electron chi connectivity index (χ2n) is 6.94. The molecule has 1 aromatic carbocycles. The molecule has 1 heterocycles. The molecule has 0 aromatic heterocycles. The summed E-state index contributed by atoms with van der Waals surface area (Å²) in [6.07, 6.45) is -15.6. The van der Waals surface area contributed by atoms with Gasteiger partial charge in [0.15, 0.2) is 9.84 Å². The van der Waals surface area contributed by atoms with Gasteiger partial charge in [-0.3, -0.25) is 4.79 Å². The van der Waals surface area contributed by atoms with Gasteiger partial charge in [-0.25, -0.2) is 8.42 Å². The lowest BCUT2D eigenvalue weighted by atomic mass is 9.91. The van der Waals surface area contributed by atoms with Crippen molar-refractivity contribution >= 4 is 15.7 Å². The molecule has 1 saturated heterocycles. The maximum atomic E-state index is 13.2. The Kier molecular flexibility index (Phi) is 7.05. The second kappa shape index (κ2) is 8.73. The molecule has 0 aliphatic carbocycles. The Balaban J connectivity index is 2.36. The van der Waals surface area contributed by atoms with E-state index in [0.717, 1.165) is 12.1 Å². The maximum absolute atomic E-state index is 13.2. The van der Waals surface area contributed by atoms with E-state index >= 15 is 0 Å². The molecule has 14 heteroatoms. The second-order valence-corrected chi connectivity index (χ2v) is 9.28. The number of carbonyl (C=O) groups excluding carboxylic acids is 1. The van der Waals surface area contributed by atoms with Crippen molar-refractivity contribution in [1.29, 1.82) is 0 Å². The summed E-state index contributed by atoms with van der Waals surface area (Å²) >= 11 is 0. The van der Waals surface area contributed by atoms with Gasteiger partial charge in [0.25, 0.3) is 12.1 Å². The first kappa shape index (κ1) is 25.0. The predicted octanol–water partition coefficient (Wildman–Crippen LogP) is 3.58. The molecule has 0 radical (unpaired) electrons. The number of nitrogens with one attached hydrogen (secondary N) is 1. The third-order valence-corrected chi connectivity index (χ3v) is 7.78. The Bertz CT molecular complexity index is 934. The highest BCUT2D eigenvalue weighted by atomic mass is 32.2. The Labute approximate surface area is 173 Å². The lowest BCUT2D eigenvalue weighted by molar-refractivity contribution is -0.165. The monoisotopic (exact) mass is 476 g/mol. The molecule has 3 atom stereocenters. The summed E-state index contributed by atoms with van der Waals surface area (Å²) in [7, 11) is -4.45. The Morgan fingerprint density at radius 2 is 1.94 bits per heavy atom. The molecule has 1 aliphatic heterocycles. The van der Waals surface area contributed by atoms with E-state index in [-0.39, 0.29) is 19.4 Å². The lowest BCUT2D eigenvalue weighted by Crippen LogP contribution is -2.54. The average Bonchev–Trinajstić information content (AvgIpc) is 2.70. The van der Waals surface area contributed by atoms with E-state index in [1.165, 1.54) is 12.2 Å². The van der Waals surface area contributed by atoms with E-state index in [2.05, 4.69) is 0 Å². The van der Waals surface area contributed by atoms with Crippen LogP contribution < -0.4 is 5.32 Å². The zero-order valence-corrected chi connectivity index (χ0v) is 16.8. The third-order valence-electron chi connectivity index (χ3n) is 5.11. The number of amides is 1. The van der Waals surface area contributed by atoms with Crippen LogP contribution in [-0.2, 0) is 25.5 Å². The van der Waals surface area contributed by atoms with Crippen LogP contribution in [0.3, 0.4) is 0 Å². The molecule has 7 nitrogen and oxygen atoms in total. The molecule has 1 aromatic rings. The molecule has 0 spiro atoms. The number of hydrogen-bond donors (Lipinski definition) is 1. The van der Waals surface area contributed by atoms with Gasteiger partial charge in [0.2, 0.25) is 0 Å². The summed E-state index contributed by atoms with van der Waals surface area (Å²) < 4.78 is 107. The highest BCUT2D eigenvalue weighted by molar-refractivity contribution is 7.92. The third kappa shape index (κ3) is 5.17. The molecule has 1 amide bonds. The Morgan fingerprint density at radius 3 is 2.45 bits per heavy atom. The summed E-state index contributed by atoms with van der Waals surface area (Å²) in [5.41, 5.74) is -1.19. The zero-order valence-electron chi connectivity index (χ0n) is 16.0.